The van der Waals surface area contributed by atoms with Gasteiger partial charge in [0.15, 0.2) is 0 Å². The van der Waals surface area contributed by atoms with Crippen LogP contribution in [0.15, 0.2) is 24.3 Å². The molecule has 0 radical (unpaired) electrons. The number of aromatic nitrogens is 2. The summed E-state index contributed by atoms with van der Waals surface area (Å²) in [5.74, 6) is 1.81. The minimum Gasteiger partial charge on any atom is -0.362 e. The van der Waals surface area contributed by atoms with Crippen LogP contribution in [0.5, 0.6) is 0 Å². The van der Waals surface area contributed by atoms with Gasteiger partial charge in [0.25, 0.3) is 0 Å². The van der Waals surface area contributed by atoms with Gasteiger partial charge in [0.05, 0.1) is 5.69 Å². The normalized spacial score (nSPS) is 13.1. The molecule has 0 aliphatic heterocycles. The number of hydrogen-bond donors (Lipinski definition) is 0. The largest absolute Gasteiger partial charge is 0.362 e. The first kappa shape index (κ1) is 13.9. The van der Waals surface area contributed by atoms with Gasteiger partial charge in [-0.05, 0) is 24.8 Å². The molecule has 2 aromatic rings. The van der Waals surface area contributed by atoms with E-state index in [0.29, 0.717) is 0 Å². The first-order valence-corrected chi connectivity index (χ1v) is 7.41. The molecular weight excluding hydrogens is 260 g/mol. The summed E-state index contributed by atoms with van der Waals surface area (Å²) in [6.45, 7) is 0. The molecule has 3 rings (SSSR count). The summed E-state index contributed by atoms with van der Waals surface area (Å²) >= 11 is 0. The fourth-order valence-corrected chi connectivity index (χ4v) is 2.91. The Balaban J connectivity index is 2.29. The van der Waals surface area contributed by atoms with Crippen LogP contribution in [0.4, 0.5) is 11.8 Å². The van der Waals surface area contributed by atoms with Crippen LogP contribution in [-0.4, -0.2) is 38.2 Å². The van der Waals surface area contributed by atoms with E-state index in [9.17, 15) is 0 Å². The smallest absolute Gasteiger partial charge is 0.227 e. The highest BCUT2D eigenvalue weighted by atomic mass is 15.3. The van der Waals surface area contributed by atoms with Crippen LogP contribution in [0.2, 0.25) is 0 Å². The molecule has 0 atom stereocenters. The zero-order chi connectivity index (χ0) is 15.0. The lowest BCUT2D eigenvalue weighted by molar-refractivity contribution is 0.822. The highest BCUT2D eigenvalue weighted by Gasteiger charge is 2.22. The molecule has 4 heteroatoms. The Hall–Kier alpha value is -2.10. The average molecular weight is 282 g/mol. The van der Waals surface area contributed by atoms with Gasteiger partial charge in [-0.3, -0.25) is 0 Å². The SMILES string of the molecule is CN(C)c1nc2c(c(N(C)C)n1)CCCc1ccccc1-2. The standard InChI is InChI=1S/C17H22N4/c1-20(2)16-14-11-7-9-12-8-5-6-10-13(12)15(14)18-17(19-16)21(3)4/h5-6,8,10H,7,9,11H2,1-4H3. The number of nitrogens with zero attached hydrogens (tertiary/aromatic N) is 4. The third kappa shape index (κ3) is 2.46. The molecular formula is C17H22N4. The van der Waals surface area contributed by atoms with E-state index in [-0.39, 0.29) is 0 Å². The Kier molecular flexibility index (Phi) is 3.53. The molecule has 21 heavy (non-hydrogen) atoms. The third-order valence-corrected chi connectivity index (χ3v) is 3.94. The fraction of sp³-hybridized carbons (Fsp3) is 0.412. The number of rotatable bonds is 2. The minimum absolute atomic E-state index is 0.772. The average Bonchev–Trinajstić information content (AvgIpc) is 2.65. The summed E-state index contributed by atoms with van der Waals surface area (Å²) in [5, 5.41) is 0. The van der Waals surface area contributed by atoms with Crippen LogP contribution in [0.1, 0.15) is 17.5 Å². The lowest BCUT2D eigenvalue weighted by Crippen LogP contribution is -2.19. The van der Waals surface area contributed by atoms with Crippen molar-refractivity contribution in [2.75, 3.05) is 38.0 Å². The maximum absolute atomic E-state index is 4.85. The van der Waals surface area contributed by atoms with Crippen molar-refractivity contribution in [2.45, 2.75) is 19.3 Å². The first-order valence-electron chi connectivity index (χ1n) is 7.41. The van der Waals surface area contributed by atoms with Gasteiger partial charge >= 0.3 is 0 Å². The van der Waals surface area contributed by atoms with Crippen LogP contribution < -0.4 is 9.80 Å². The molecule has 110 valence electrons. The van der Waals surface area contributed by atoms with Crippen LogP contribution in [0.3, 0.4) is 0 Å². The Morgan fingerprint density at radius 3 is 2.38 bits per heavy atom. The maximum atomic E-state index is 4.85. The summed E-state index contributed by atoms with van der Waals surface area (Å²) in [6.07, 6.45) is 3.29. The Labute approximate surface area is 126 Å². The van der Waals surface area contributed by atoms with Gasteiger partial charge in [-0.1, -0.05) is 24.3 Å². The van der Waals surface area contributed by atoms with Crippen LogP contribution in [-0.2, 0) is 12.8 Å². The summed E-state index contributed by atoms with van der Waals surface area (Å²) in [6, 6.07) is 8.62. The first-order chi connectivity index (χ1) is 10.1. The van der Waals surface area contributed by atoms with E-state index in [1.165, 1.54) is 16.7 Å². The van der Waals surface area contributed by atoms with Crippen molar-refractivity contribution in [3.8, 4) is 11.3 Å². The van der Waals surface area contributed by atoms with Gasteiger partial charge in [0.2, 0.25) is 5.95 Å². The number of hydrogen-bond acceptors (Lipinski definition) is 4. The van der Waals surface area contributed by atoms with Gasteiger partial charge in [-0.15, -0.1) is 0 Å². The molecule has 0 N–H and O–H groups in total. The van der Waals surface area contributed by atoms with E-state index in [2.05, 4.69) is 43.3 Å². The predicted octanol–water partition coefficient (Wildman–Crippen LogP) is 2.76. The number of anilines is 2. The van der Waals surface area contributed by atoms with Crippen molar-refractivity contribution >= 4 is 11.8 Å². The summed E-state index contributed by atoms with van der Waals surface area (Å²) < 4.78 is 0. The highest BCUT2D eigenvalue weighted by Crippen LogP contribution is 2.35. The van der Waals surface area contributed by atoms with E-state index in [4.69, 9.17) is 9.97 Å². The van der Waals surface area contributed by atoms with Crippen molar-refractivity contribution in [3.63, 3.8) is 0 Å². The highest BCUT2D eigenvalue weighted by molar-refractivity contribution is 5.74. The van der Waals surface area contributed by atoms with Crippen molar-refractivity contribution in [3.05, 3.63) is 35.4 Å². The van der Waals surface area contributed by atoms with Crippen LogP contribution in [0, 0.1) is 0 Å². The second-order valence-electron chi connectivity index (χ2n) is 5.97. The molecule has 0 spiro atoms. The van der Waals surface area contributed by atoms with Crippen molar-refractivity contribution < 1.29 is 0 Å². The molecule has 1 aliphatic carbocycles. The monoisotopic (exact) mass is 282 g/mol. The second kappa shape index (κ2) is 5.35. The Morgan fingerprint density at radius 2 is 1.67 bits per heavy atom. The molecule has 1 heterocycles. The van der Waals surface area contributed by atoms with Crippen molar-refractivity contribution in [1.82, 2.24) is 9.97 Å². The van der Waals surface area contributed by atoms with Crippen molar-refractivity contribution in [1.29, 1.82) is 0 Å². The summed E-state index contributed by atoms with van der Waals surface area (Å²) in [5.41, 5.74) is 5.03. The quantitative estimate of drug-likeness (QED) is 0.848. The molecule has 1 aliphatic rings. The van der Waals surface area contributed by atoms with E-state index < -0.39 is 0 Å². The minimum atomic E-state index is 0.772. The Bertz CT molecular complexity index is 662. The van der Waals surface area contributed by atoms with Crippen LogP contribution in [0.25, 0.3) is 11.3 Å². The molecule has 0 saturated heterocycles. The molecule has 0 unspecified atom stereocenters. The fourth-order valence-electron chi connectivity index (χ4n) is 2.91. The molecule has 1 aromatic heterocycles. The zero-order valence-electron chi connectivity index (χ0n) is 13.2. The van der Waals surface area contributed by atoms with Crippen LogP contribution >= 0.6 is 0 Å². The maximum Gasteiger partial charge on any atom is 0.227 e. The molecule has 4 nitrogen and oxygen atoms in total. The van der Waals surface area contributed by atoms with E-state index in [1.807, 2.05) is 19.0 Å². The van der Waals surface area contributed by atoms with Gasteiger partial charge < -0.3 is 9.80 Å². The van der Waals surface area contributed by atoms with E-state index >= 15 is 0 Å². The molecule has 0 amide bonds. The summed E-state index contributed by atoms with van der Waals surface area (Å²) in [4.78, 5) is 13.7. The Morgan fingerprint density at radius 1 is 0.905 bits per heavy atom. The van der Waals surface area contributed by atoms with Crippen molar-refractivity contribution in [2.24, 2.45) is 0 Å². The third-order valence-electron chi connectivity index (χ3n) is 3.94. The lowest BCUT2D eigenvalue weighted by atomic mass is 10.0. The molecule has 0 saturated carbocycles. The van der Waals surface area contributed by atoms with E-state index in [1.54, 1.807) is 0 Å². The number of aryl methyl sites for hydroxylation is 1. The summed E-state index contributed by atoms with van der Waals surface area (Å²) in [7, 11) is 8.09. The predicted molar refractivity (Wildman–Crippen MR) is 88.1 cm³/mol. The molecule has 0 bridgehead atoms. The van der Waals surface area contributed by atoms with Gasteiger partial charge in [0.1, 0.15) is 5.82 Å². The topological polar surface area (TPSA) is 32.3 Å². The molecule has 1 aromatic carbocycles. The number of fused-ring (bicyclic) bond motifs is 3. The van der Waals surface area contributed by atoms with Gasteiger partial charge in [-0.2, -0.15) is 4.98 Å². The second-order valence-corrected chi connectivity index (χ2v) is 5.97. The molecule has 0 fully saturated rings. The lowest BCUT2D eigenvalue weighted by Gasteiger charge is -2.21. The number of benzene rings is 1. The van der Waals surface area contributed by atoms with Gasteiger partial charge in [0, 0.05) is 39.3 Å². The zero-order valence-corrected chi connectivity index (χ0v) is 13.2. The van der Waals surface area contributed by atoms with E-state index in [0.717, 1.165) is 36.7 Å². The van der Waals surface area contributed by atoms with Gasteiger partial charge in [-0.25, -0.2) is 4.98 Å².